The fourth-order valence-electron chi connectivity index (χ4n) is 1.56. The highest BCUT2D eigenvalue weighted by atomic mass is 16.1. The van der Waals surface area contributed by atoms with Crippen LogP contribution in [0.15, 0.2) is 35.4 Å². The molecular weight excluding hydrogens is 202 g/mol. The largest absolute Gasteiger partial charge is 0.325 e. The second kappa shape index (κ2) is 3.99. The first-order valence-electron chi connectivity index (χ1n) is 4.77. The lowest BCUT2D eigenvalue weighted by Gasteiger charge is -2.04. The minimum absolute atomic E-state index is 0.136. The van der Waals surface area contributed by atoms with E-state index in [1.807, 2.05) is 6.07 Å². The summed E-state index contributed by atoms with van der Waals surface area (Å²) in [6.07, 6.45) is 3.26. The number of rotatable bonds is 1. The predicted molar refractivity (Wildman–Crippen MR) is 59.7 cm³/mol. The van der Waals surface area contributed by atoms with Gasteiger partial charge in [0.1, 0.15) is 11.6 Å². The molecule has 2 rings (SSSR count). The molecule has 0 aliphatic rings. The van der Waals surface area contributed by atoms with Gasteiger partial charge in [-0.05, 0) is 30.7 Å². The molecule has 16 heavy (non-hydrogen) atoms. The van der Waals surface area contributed by atoms with Crippen LogP contribution in [0.3, 0.4) is 0 Å². The standard InChI is InChI=1S/C12H9N3O/c1-8-6-10(9-2-4-14-5-3-9)11(7-13)12(16)15-8/h2-6H,1H3,(H,15,16). The van der Waals surface area contributed by atoms with Crippen molar-refractivity contribution in [2.24, 2.45) is 0 Å². The molecule has 0 fully saturated rings. The zero-order chi connectivity index (χ0) is 11.5. The van der Waals surface area contributed by atoms with E-state index in [9.17, 15) is 4.79 Å². The van der Waals surface area contributed by atoms with Gasteiger partial charge < -0.3 is 4.98 Å². The summed E-state index contributed by atoms with van der Waals surface area (Å²) in [5.41, 5.74) is 1.98. The first-order valence-corrected chi connectivity index (χ1v) is 4.77. The van der Waals surface area contributed by atoms with Crippen molar-refractivity contribution in [1.82, 2.24) is 9.97 Å². The average Bonchev–Trinajstić information content (AvgIpc) is 2.29. The van der Waals surface area contributed by atoms with Crippen molar-refractivity contribution in [2.45, 2.75) is 6.92 Å². The predicted octanol–water partition coefficient (Wildman–Crippen LogP) is 1.62. The van der Waals surface area contributed by atoms with Gasteiger partial charge in [-0.25, -0.2) is 0 Å². The highest BCUT2D eigenvalue weighted by Gasteiger charge is 2.09. The molecule has 0 radical (unpaired) electrons. The molecule has 4 heteroatoms. The summed E-state index contributed by atoms with van der Waals surface area (Å²) in [6.45, 7) is 1.78. The Hall–Kier alpha value is -2.41. The Morgan fingerprint density at radius 2 is 2.06 bits per heavy atom. The highest BCUT2D eigenvalue weighted by molar-refractivity contribution is 5.69. The molecule has 2 aromatic rings. The first kappa shape index (κ1) is 10.1. The topological polar surface area (TPSA) is 69.5 Å². The van der Waals surface area contributed by atoms with E-state index >= 15 is 0 Å². The molecular formula is C12H9N3O. The van der Waals surface area contributed by atoms with Crippen LogP contribution in [0.2, 0.25) is 0 Å². The third-order valence-electron chi connectivity index (χ3n) is 2.27. The number of nitriles is 1. The van der Waals surface area contributed by atoms with Crippen LogP contribution in [0.25, 0.3) is 11.1 Å². The molecule has 78 valence electrons. The van der Waals surface area contributed by atoms with Crippen molar-refractivity contribution in [3.8, 4) is 17.2 Å². The zero-order valence-corrected chi connectivity index (χ0v) is 8.69. The number of hydrogen-bond acceptors (Lipinski definition) is 3. The summed E-state index contributed by atoms with van der Waals surface area (Å²) in [7, 11) is 0. The number of nitrogens with one attached hydrogen (secondary N) is 1. The van der Waals surface area contributed by atoms with Crippen LogP contribution < -0.4 is 5.56 Å². The van der Waals surface area contributed by atoms with Gasteiger partial charge in [-0.15, -0.1) is 0 Å². The number of aryl methyl sites for hydroxylation is 1. The molecule has 0 unspecified atom stereocenters. The number of nitrogens with zero attached hydrogens (tertiary/aromatic N) is 2. The number of hydrogen-bond donors (Lipinski definition) is 1. The lowest BCUT2D eigenvalue weighted by atomic mass is 10.0. The molecule has 0 saturated heterocycles. The Morgan fingerprint density at radius 3 is 2.69 bits per heavy atom. The van der Waals surface area contributed by atoms with Gasteiger partial charge in [0, 0.05) is 23.7 Å². The number of aromatic nitrogens is 2. The van der Waals surface area contributed by atoms with E-state index in [1.165, 1.54) is 0 Å². The Bertz CT molecular complexity index is 608. The Balaban J connectivity index is 2.75. The summed E-state index contributed by atoms with van der Waals surface area (Å²) < 4.78 is 0. The van der Waals surface area contributed by atoms with Gasteiger partial charge in [0.2, 0.25) is 0 Å². The monoisotopic (exact) mass is 211 g/mol. The second-order valence-electron chi connectivity index (χ2n) is 3.42. The zero-order valence-electron chi connectivity index (χ0n) is 8.69. The van der Waals surface area contributed by atoms with Crippen LogP contribution in [0.4, 0.5) is 0 Å². The van der Waals surface area contributed by atoms with Gasteiger partial charge in [0.05, 0.1) is 0 Å². The van der Waals surface area contributed by atoms with Gasteiger partial charge in [-0.1, -0.05) is 0 Å². The van der Waals surface area contributed by atoms with E-state index in [0.29, 0.717) is 5.56 Å². The Labute approximate surface area is 92.2 Å². The molecule has 0 atom stereocenters. The summed E-state index contributed by atoms with van der Waals surface area (Å²) in [4.78, 5) is 18.1. The van der Waals surface area contributed by atoms with Crippen LogP contribution in [0.1, 0.15) is 11.3 Å². The van der Waals surface area contributed by atoms with Crippen LogP contribution in [0, 0.1) is 18.3 Å². The Kier molecular flexibility index (Phi) is 2.52. The van der Waals surface area contributed by atoms with Gasteiger partial charge in [0.25, 0.3) is 5.56 Å². The van der Waals surface area contributed by atoms with Crippen LogP contribution >= 0.6 is 0 Å². The SMILES string of the molecule is Cc1cc(-c2ccncc2)c(C#N)c(=O)[nH]1. The normalized spacial score (nSPS) is 9.75. The molecule has 0 bridgehead atoms. The molecule has 0 spiro atoms. The van der Waals surface area contributed by atoms with Gasteiger partial charge in [-0.3, -0.25) is 9.78 Å². The maximum Gasteiger partial charge on any atom is 0.266 e. The minimum atomic E-state index is -0.352. The molecule has 0 aromatic carbocycles. The van der Waals surface area contributed by atoms with Crippen molar-refractivity contribution in [3.05, 3.63) is 52.2 Å². The smallest absolute Gasteiger partial charge is 0.266 e. The van der Waals surface area contributed by atoms with E-state index in [-0.39, 0.29) is 11.1 Å². The number of H-pyrrole nitrogens is 1. The summed E-state index contributed by atoms with van der Waals surface area (Å²) in [5.74, 6) is 0. The quantitative estimate of drug-likeness (QED) is 0.779. The van der Waals surface area contributed by atoms with Gasteiger partial charge in [-0.2, -0.15) is 5.26 Å². The van der Waals surface area contributed by atoms with Gasteiger partial charge in [0.15, 0.2) is 0 Å². The molecule has 0 saturated carbocycles. The molecule has 0 amide bonds. The molecule has 0 aliphatic heterocycles. The molecule has 2 aromatic heterocycles. The van der Waals surface area contributed by atoms with E-state index in [4.69, 9.17) is 5.26 Å². The highest BCUT2D eigenvalue weighted by Crippen LogP contribution is 2.20. The van der Waals surface area contributed by atoms with Crippen LogP contribution in [0.5, 0.6) is 0 Å². The van der Waals surface area contributed by atoms with Gasteiger partial charge >= 0.3 is 0 Å². The lowest BCUT2D eigenvalue weighted by Crippen LogP contribution is -2.12. The maximum atomic E-state index is 11.6. The third-order valence-corrected chi connectivity index (χ3v) is 2.27. The maximum absolute atomic E-state index is 11.6. The van der Waals surface area contributed by atoms with Crippen molar-refractivity contribution < 1.29 is 0 Å². The van der Waals surface area contributed by atoms with E-state index in [0.717, 1.165) is 11.3 Å². The second-order valence-corrected chi connectivity index (χ2v) is 3.42. The minimum Gasteiger partial charge on any atom is -0.325 e. The van der Waals surface area contributed by atoms with Crippen molar-refractivity contribution in [3.63, 3.8) is 0 Å². The fraction of sp³-hybridized carbons (Fsp3) is 0.0833. The van der Waals surface area contributed by atoms with Crippen LogP contribution in [-0.2, 0) is 0 Å². The molecule has 0 aliphatic carbocycles. The fourth-order valence-corrected chi connectivity index (χ4v) is 1.56. The first-order chi connectivity index (χ1) is 7.72. The molecule has 1 N–H and O–H groups in total. The Morgan fingerprint density at radius 1 is 1.38 bits per heavy atom. The molecule has 4 nitrogen and oxygen atoms in total. The van der Waals surface area contributed by atoms with E-state index < -0.39 is 0 Å². The van der Waals surface area contributed by atoms with Crippen LogP contribution in [-0.4, -0.2) is 9.97 Å². The third kappa shape index (κ3) is 1.71. The average molecular weight is 211 g/mol. The number of aromatic amines is 1. The summed E-state index contributed by atoms with van der Waals surface area (Å²) >= 11 is 0. The van der Waals surface area contributed by atoms with Crippen molar-refractivity contribution in [1.29, 1.82) is 5.26 Å². The molecule has 2 heterocycles. The number of pyridine rings is 2. The van der Waals surface area contributed by atoms with E-state index in [2.05, 4.69) is 9.97 Å². The van der Waals surface area contributed by atoms with Crippen molar-refractivity contribution >= 4 is 0 Å². The lowest BCUT2D eigenvalue weighted by molar-refractivity contribution is 1.13. The summed E-state index contributed by atoms with van der Waals surface area (Å²) in [6, 6.07) is 7.26. The van der Waals surface area contributed by atoms with Crippen molar-refractivity contribution in [2.75, 3.05) is 0 Å². The summed E-state index contributed by atoms with van der Waals surface area (Å²) in [5, 5.41) is 8.97. The van der Waals surface area contributed by atoms with E-state index in [1.54, 1.807) is 37.5 Å².